The van der Waals surface area contributed by atoms with Crippen molar-refractivity contribution in [3.8, 4) is 0 Å². The van der Waals surface area contributed by atoms with Gasteiger partial charge < -0.3 is 10.2 Å². The highest BCUT2D eigenvalue weighted by molar-refractivity contribution is 8.03. The van der Waals surface area contributed by atoms with E-state index in [1.54, 1.807) is 0 Å². The Morgan fingerprint density at radius 1 is 1.44 bits per heavy atom. The zero-order valence-electron chi connectivity index (χ0n) is 9.53. The molecule has 0 unspecified atom stereocenters. The fourth-order valence-corrected chi connectivity index (χ4v) is 3.01. The topological polar surface area (TPSA) is 46.0 Å². The summed E-state index contributed by atoms with van der Waals surface area (Å²) < 4.78 is 1.95. The molecule has 0 aromatic carbocycles. The molecule has 0 aliphatic carbocycles. The van der Waals surface area contributed by atoms with Crippen LogP contribution in [-0.4, -0.2) is 34.6 Å². The van der Waals surface area contributed by atoms with Crippen LogP contribution in [0.4, 0.5) is 11.9 Å². The maximum atomic E-state index is 4.46. The summed E-state index contributed by atoms with van der Waals surface area (Å²) in [4.78, 5) is 7.82. The van der Waals surface area contributed by atoms with E-state index in [0.29, 0.717) is 0 Å². The molecule has 1 N–H and O–H groups in total. The minimum Gasteiger partial charge on any atom is -0.346 e. The number of aromatic nitrogens is 3. The van der Waals surface area contributed by atoms with Gasteiger partial charge in [-0.15, -0.1) is 16.9 Å². The zero-order chi connectivity index (χ0) is 11.1. The number of anilines is 2. The first-order valence-electron chi connectivity index (χ1n) is 5.48. The molecule has 0 bridgehead atoms. The van der Waals surface area contributed by atoms with Crippen LogP contribution < -0.4 is 10.2 Å². The molecule has 1 aromatic heterocycles. The van der Waals surface area contributed by atoms with Gasteiger partial charge in [-0.1, -0.05) is 0 Å². The van der Waals surface area contributed by atoms with Crippen molar-refractivity contribution in [2.24, 2.45) is 0 Å². The van der Waals surface area contributed by atoms with Crippen LogP contribution in [0.5, 0.6) is 0 Å². The van der Waals surface area contributed by atoms with Gasteiger partial charge in [-0.2, -0.15) is 4.98 Å². The van der Waals surface area contributed by atoms with Gasteiger partial charge in [0.2, 0.25) is 11.9 Å². The second-order valence-electron chi connectivity index (χ2n) is 4.27. The van der Waals surface area contributed by atoms with Crippen LogP contribution in [0.1, 0.15) is 12.8 Å². The van der Waals surface area contributed by atoms with Crippen molar-refractivity contribution in [1.29, 1.82) is 0 Å². The lowest BCUT2D eigenvalue weighted by atomic mass is 10.2. The molecule has 16 heavy (non-hydrogen) atoms. The smallest absolute Gasteiger partial charge is 0.246 e. The Morgan fingerprint density at radius 3 is 3.12 bits per heavy atom. The summed E-state index contributed by atoms with van der Waals surface area (Å²) in [5.74, 6) is 2.88. The number of hydrogen-bond acceptors (Lipinski definition) is 5. The Balaban J connectivity index is 1.92. The number of thioether (sulfide) groups is 1. The summed E-state index contributed by atoms with van der Waals surface area (Å²) in [6, 6.07) is 0. The fourth-order valence-electron chi connectivity index (χ4n) is 1.94. The van der Waals surface area contributed by atoms with E-state index in [1.165, 1.54) is 22.8 Å². The maximum Gasteiger partial charge on any atom is 0.246 e. The Hall–Kier alpha value is -1.17. The van der Waals surface area contributed by atoms with Gasteiger partial charge in [0.05, 0.1) is 6.54 Å². The Kier molecular flexibility index (Phi) is 2.31. The molecule has 2 aliphatic heterocycles. The first-order chi connectivity index (χ1) is 7.74. The predicted octanol–water partition coefficient (Wildman–Crippen LogP) is 1.51. The van der Waals surface area contributed by atoms with Gasteiger partial charge in [-0.25, -0.2) is 4.68 Å². The van der Waals surface area contributed by atoms with Crippen LogP contribution >= 0.6 is 11.8 Å². The number of nitrogens with one attached hydrogen (secondary N) is 1. The quantitative estimate of drug-likeness (QED) is 0.802. The van der Waals surface area contributed by atoms with Crippen molar-refractivity contribution in [3.63, 3.8) is 0 Å². The molecule has 2 aliphatic rings. The summed E-state index contributed by atoms with van der Waals surface area (Å²) in [5.41, 5.74) is 1.35. The van der Waals surface area contributed by atoms with Crippen LogP contribution in [0.2, 0.25) is 0 Å². The number of hydrogen-bond donors (Lipinski definition) is 1. The molecule has 0 saturated heterocycles. The fraction of sp³-hybridized carbons (Fsp3) is 0.600. The highest BCUT2D eigenvalue weighted by Crippen LogP contribution is 2.35. The molecule has 1 aromatic rings. The van der Waals surface area contributed by atoms with Crippen LogP contribution in [-0.2, 0) is 6.54 Å². The standard InChI is InChI=1S/C10H15N5S/c1-14(2)10-12-9-11-7-4-3-5-16-8(7)6-15(9)13-10/h3-6H2,1-2H3,(H,11,12,13). The molecule has 6 heteroatoms. The van der Waals surface area contributed by atoms with E-state index < -0.39 is 0 Å². The van der Waals surface area contributed by atoms with Crippen LogP contribution in [0.15, 0.2) is 10.6 Å². The van der Waals surface area contributed by atoms with Crippen molar-refractivity contribution in [2.75, 3.05) is 30.1 Å². The van der Waals surface area contributed by atoms with E-state index in [1.807, 2.05) is 35.4 Å². The lowest BCUT2D eigenvalue weighted by Gasteiger charge is -2.25. The van der Waals surface area contributed by atoms with Crippen molar-refractivity contribution in [1.82, 2.24) is 14.8 Å². The SMILES string of the molecule is CN(C)c1nc2n(n1)CC1=C(CCCS1)N2. The summed E-state index contributed by atoms with van der Waals surface area (Å²) >= 11 is 1.94. The van der Waals surface area contributed by atoms with Crippen LogP contribution in [0, 0.1) is 0 Å². The third-order valence-corrected chi connectivity index (χ3v) is 4.02. The van der Waals surface area contributed by atoms with Gasteiger partial charge in [0.1, 0.15) is 0 Å². The van der Waals surface area contributed by atoms with Crippen molar-refractivity contribution < 1.29 is 0 Å². The third-order valence-electron chi connectivity index (χ3n) is 2.80. The van der Waals surface area contributed by atoms with Crippen LogP contribution in [0.25, 0.3) is 0 Å². The summed E-state index contributed by atoms with van der Waals surface area (Å²) in [7, 11) is 3.92. The monoisotopic (exact) mass is 237 g/mol. The summed E-state index contributed by atoms with van der Waals surface area (Å²) in [5, 5.41) is 7.86. The van der Waals surface area contributed by atoms with E-state index in [9.17, 15) is 0 Å². The average Bonchev–Trinajstić information content (AvgIpc) is 2.68. The third kappa shape index (κ3) is 1.57. The first-order valence-corrected chi connectivity index (χ1v) is 6.46. The van der Waals surface area contributed by atoms with Gasteiger partial charge >= 0.3 is 0 Å². The minimum atomic E-state index is 0.771. The molecular weight excluding hydrogens is 222 g/mol. The molecule has 0 fully saturated rings. The second-order valence-corrected chi connectivity index (χ2v) is 5.46. The van der Waals surface area contributed by atoms with Gasteiger partial charge in [-0.05, 0) is 18.6 Å². The summed E-state index contributed by atoms with van der Waals surface area (Å²) in [6.07, 6.45) is 2.40. The number of fused-ring (bicyclic) bond motifs is 1. The number of rotatable bonds is 1. The van der Waals surface area contributed by atoms with Gasteiger partial charge in [-0.3, -0.25) is 0 Å². The first kappa shape index (κ1) is 10.0. The largest absolute Gasteiger partial charge is 0.346 e. The molecule has 0 radical (unpaired) electrons. The van der Waals surface area contributed by atoms with E-state index >= 15 is 0 Å². The second kappa shape index (κ2) is 3.69. The lowest BCUT2D eigenvalue weighted by molar-refractivity contribution is 0.670. The number of allylic oxidation sites excluding steroid dienone is 2. The van der Waals surface area contributed by atoms with Crippen molar-refractivity contribution in [2.45, 2.75) is 19.4 Å². The van der Waals surface area contributed by atoms with Gasteiger partial charge in [0.15, 0.2) is 0 Å². The molecule has 0 atom stereocenters. The van der Waals surface area contributed by atoms with E-state index in [0.717, 1.165) is 24.9 Å². The van der Waals surface area contributed by atoms with Crippen LogP contribution in [0.3, 0.4) is 0 Å². The Bertz CT molecular complexity index is 413. The van der Waals surface area contributed by atoms with Crippen molar-refractivity contribution >= 4 is 23.7 Å². The van der Waals surface area contributed by atoms with Gasteiger partial charge in [0.25, 0.3) is 0 Å². The minimum absolute atomic E-state index is 0.771. The van der Waals surface area contributed by atoms with Crippen molar-refractivity contribution in [3.05, 3.63) is 10.6 Å². The normalized spacial score (nSPS) is 18.9. The Morgan fingerprint density at radius 2 is 2.31 bits per heavy atom. The summed E-state index contributed by atoms with van der Waals surface area (Å²) in [6.45, 7) is 0.878. The molecule has 3 heterocycles. The highest BCUT2D eigenvalue weighted by Gasteiger charge is 2.23. The molecular formula is C10H15N5S. The number of nitrogens with zero attached hydrogens (tertiary/aromatic N) is 4. The average molecular weight is 237 g/mol. The molecule has 5 nitrogen and oxygen atoms in total. The molecule has 0 spiro atoms. The molecule has 3 rings (SSSR count). The molecule has 0 saturated carbocycles. The van der Waals surface area contributed by atoms with Gasteiger partial charge in [0, 0.05) is 24.7 Å². The highest BCUT2D eigenvalue weighted by atomic mass is 32.2. The predicted molar refractivity (Wildman–Crippen MR) is 66.7 cm³/mol. The van der Waals surface area contributed by atoms with E-state index in [-0.39, 0.29) is 0 Å². The zero-order valence-corrected chi connectivity index (χ0v) is 10.3. The maximum absolute atomic E-state index is 4.46. The lowest BCUT2D eigenvalue weighted by Crippen LogP contribution is -2.20. The Labute approximate surface area is 98.9 Å². The van der Waals surface area contributed by atoms with E-state index in [4.69, 9.17) is 0 Å². The molecule has 86 valence electrons. The molecule has 0 amide bonds. The van der Waals surface area contributed by atoms with E-state index in [2.05, 4.69) is 15.4 Å².